The van der Waals surface area contributed by atoms with E-state index in [0.717, 1.165) is 14.4 Å². The zero-order valence-electron chi connectivity index (χ0n) is 16.2. The number of benzene rings is 2. The van der Waals surface area contributed by atoms with Gasteiger partial charge in [-0.3, -0.25) is 9.80 Å². The minimum Gasteiger partial charge on any atom is -0.446 e. The van der Waals surface area contributed by atoms with Gasteiger partial charge in [-0.1, -0.05) is 53.2 Å². The first kappa shape index (κ1) is 21.4. The molecule has 4 rings (SSSR count). The molecule has 162 valence electrons. The Labute approximate surface area is 184 Å². The lowest BCUT2D eigenvalue weighted by Crippen LogP contribution is -2.50. The summed E-state index contributed by atoms with van der Waals surface area (Å²) in [5, 5.41) is 4.78. The van der Waals surface area contributed by atoms with Gasteiger partial charge in [0.25, 0.3) is 5.91 Å². The van der Waals surface area contributed by atoms with Gasteiger partial charge in [-0.05, 0) is 29.8 Å². The molecule has 0 radical (unpaired) electrons. The van der Waals surface area contributed by atoms with E-state index in [-0.39, 0.29) is 6.61 Å². The van der Waals surface area contributed by atoms with Crippen molar-refractivity contribution in [2.45, 2.75) is 25.2 Å². The van der Waals surface area contributed by atoms with E-state index in [2.05, 4.69) is 21.0 Å². The van der Waals surface area contributed by atoms with Crippen LogP contribution in [-0.2, 0) is 9.53 Å². The van der Waals surface area contributed by atoms with Gasteiger partial charge < -0.3 is 4.74 Å². The fraction of sp³-hybridized carbons (Fsp3) is 0.286. The molecule has 1 fully saturated rings. The number of amides is 2. The summed E-state index contributed by atoms with van der Waals surface area (Å²) < 4.78 is 46.6. The van der Waals surface area contributed by atoms with E-state index >= 15 is 0 Å². The Hall–Kier alpha value is -2.88. The van der Waals surface area contributed by atoms with E-state index < -0.39 is 41.9 Å². The van der Waals surface area contributed by atoms with Crippen molar-refractivity contribution in [2.24, 2.45) is 11.0 Å². The third-order valence-corrected chi connectivity index (χ3v) is 5.84. The molecule has 2 aliphatic rings. The van der Waals surface area contributed by atoms with Gasteiger partial charge >= 0.3 is 12.3 Å². The van der Waals surface area contributed by atoms with Crippen LogP contribution in [0.5, 0.6) is 0 Å². The number of halogens is 4. The fourth-order valence-electron chi connectivity index (χ4n) is 3.80. The monoisotopic (exact) mass is 495 g/mol. The standard InChI is InChI=1S/C21H17BrF3N3O3/c1-12-17(19(29)27-16(11-31-20(27)30)13-5-3-2-4-6-13)28(26-18(12)21(23,24)25)15-9-7-14(22)8-10-15/h2-10,12,16-17H,11H2,1H3/t12-,16+,17+/m0/s1. The van der Waals surface area contributed by atoms with E-state index in [4.69, 9.17) is 4.74 Å². The topological polar surface area (TPSA) is 62.2 Å². The quantitative estimate of drug-likeness (QED) is 0.606. The lowest BCUT2D eigenvalue weighted by Gasteiger charge is -2.30. The van der Waals surface area contributed by atoms with Gasteiger partial charge in [0.05, 0.1) is 5.69 Å². The van der Waals surface area contributed by atoms with Crippen molar-refractivity contribution in [3.8, 4) is 0 Å². The number of nitrogens with zero attached hydrogens (tertiary/aromatic N) is 3. The van der Waals surface area contributed by atoms with Gasteiger partial charge in [-0.15, -0.1) is 0 Å². The molecule has 10 heteroatoms. The maximum absolute atomic E-state index is 13.6. The highest BCUT2D eigenvalue weighted by atomic mass is 79.9. The van der Waals surface area contributed by atoms with Crippen molar-refractivity contribution in [3.63, 3.8) is 0 Å². The van der Waals surface area contributed by atoms with Crippen LogP contribution in [0.25, 0.3) is 0 Å². The van der Waals surface area contributed by atoms with Crippen molar-refractivity contribution in [1.82, 2.24) is 4.90 Å². The lowest BCUT2D eigenvalue weighted by molar-refractivity contribution is -0.131. The Morgan fingerprint density at radius 3 is 2.39 bits per heavy atom. The molecule has 0 saturated carbocycles. The minimum absolute atomic E-state index is 0.0685. The SMILES string of the molecule is C[C@@H]1C(C(F)(F)F)=NN(c2ccc(Br)cc2)[C@H]1C(=O)N1C(=O)OC[C@@H]1c1ccccc1. The van der Waals surface area contributed by atoms with Crippen molar-refractivity contribution >= 4 is 39.3 Å². The predicted octanol–water partition coefficient (Wildman–Crippen LogP) is 4.91. The van der Waals surface area contributed by atoms with Crippen LogP contribution >= 0.6 is 15.9 Å². The van der Waals surface area contributed by atoms with E-state index in [1.165, 1.54) is 6.92 Å². The zero-order chi connectivity index (χ0) is 22.3. The summed E-state index contributed by atoms with van der Waals surface area (Å²) >= 11 is 3.28. The summed E-state index contributed by atoms with van der Waals surface area (Å²) in [7, 11) is 0. The highest BCUT2D eigenvalue weighted by Gasteiger charge is 2.54. The van der Waals surface area contributed by atoms with E-state index in [9.17, 15) is 22.8 Å². The first-order valence-corrected chi connectivity index (χ1v) is 10.2. The van der Waals surface area contributed by atoms with Crippen molar-refractivity contribution < 1.29 is 27.5 Å². The molecule has 2 aromatic carbocycles. The van der Waals surface area contributed by atoms with Gasteiger partial charge in [0.15, 0.2) is 0 Å². The second-order valence-corrected chi connectivity index (χ2v) is 8.16. The maximum Gasteiger partial charge on any atom is 0.431 e. The lowest BCUT2D eigenvalue weighted by atomic mass is 9.95. The van der Waals surface area contributed by atoms with Crippen LogP contribution in [0.2, 0.25) is 0 Å². The molecular formula is C21H17BrF3N3O3. The molecular weight excluding hydrogens is 479 g/mol. The number of imide groups is 1. The second-order valence-electron chi connectivity index (χ2n) is 7.25. The molecule has 2 aromatic rings. The molecule has 2 amide bonds. The number of ether oxygens (including phenoxy) is 1. The van der Waals surface area contributed by atoms with Gasteiger partial charge in [0.2, 0.25) is 0 Å². The van der Waals surface area contributed by atoms with Crippen molar-refractivity contribution in [3.05, 3.63) is 64.6 Å². The molecule has 0 aliphatic carbocycles. The van der Waals surface area contributed by atoms with Crippen LogP contribution < -0.4 is 5.01 Å². The molecule has 3 atom stereocenters. The minimum atomic E-state index is -4.72. The van der Waals surface area contributed by atoms with Gasteiger partial charge in [-0.2, -0.15) is 18.3 Å². The first-order valence-electron chi connectivity index (χ1n) is 9.43. The third kappa shape index (κ3) is 3.91. The summed E-state index contributed by atoms with van der Waals surface area (Å²) in [6, 6.07) is 13.0. The summed E-state index contributed by atoms with van der Waals surface area (Å²) in [4.78, 5) is 26.8. The Morgan fingerprint density at radius 2 is 1.77 bits per heavy atom. The number of cyclic esters (lactones) is 1. The maximum atomic E-state index is 13.6. The van der Waals surface area contributed by atoms with Crippen LogP contribution in [0.4, 0.5) is 23.7 Å². The number of hydrogen-bond acceptors (Lipinski definition) is 5. The first-order chi connectivity index (χ1) is 14.7. The Balaban J connectivity index is 1.73. The van der Waals surface area contributed by atoms with E-state index in [1.807, 2.05) is 0 Å². The molecule has 0 aromatic heterocycles. The predicted molar refractivity (Wildman–Crippen MR) is 110 cm³/mol. The normalized spacial score (nSPS) is 23.7. The molecule has 31 heavy (non-hydrogen) atoms. The summed E-state index contributed by atoms with van der Waals surface area (Å²) in [5.41, 5.74) is -0.117. The number of alkyl halides is 3. The van der Waals surface area contributed by atoms with Crippen molar-refractivity contribution in [1.29, 1.82) is 0 Å². The number of hydrazone groups is 1. The van der Waals surface area contributed by atoms with E-state index in [1.54, 1.807) is 54.6 Å². The third-order valence-electron chi connectivity index (χ3n) is 5.31. The highest BCUT2D eigenvalue weighted by molar-refractivity contribution is 9.10. The average Bonchev–Trinajstić information content (AvgIpc) is 3.29. The number of hydrogen-bond donors (Lipinski definition) is 0. The molecule has 2 heterocycles. The summed E-state index contributed by atoms with van der Waals surface area (Å²) in [5.74, 6) is -2.09. The van der Waals surface area contributed by atoms with Crippen LogP contribution in [0, 0.1) is 5.92 Å². The van der Waals surface area contributed by atoms with Crippen LogP contribution in [0.15, 0.2) is 64.2 Å². The molecule has 0 bridgehead atoms. The molecule has 0 spiro atoms. The molecule has 6 nitrogen and oxygen atoms in total. The number of carbonyl (C=O) groups is 2. The molecule has 0 N–H and O–H groups in total. The Kier molecular flexibility index (Phi) is 5.50. The van der Waals surface area contributed by atoms with Crippen molar-refractivity contribution in [2.75, 3.05) is 11.6 Å². The van der Waals surface area contributed by atoms with Crippen LogP contribution in [-0.4, -0.2) is 41.4 Å². The number of rotatable bonds is 3. The van der Waals surface area contributed by atoms with Crippen LogP contribution in [0.1, 0.15) is 18.5 Å². The molecule has 1 saturated heterocycles. The average molecular weight is 496 g/mol. The second kappa shape index (κ2) is 7.99. The Bertz CT molecular complexity index is 1030. The summed E-state index contributed by atoms with van der Waals surface area (Å²) in [6.45, 7) is 1.22. The van der Waals surface area contributed by atoms with Gasteiger partial charge in [0.1, 0.15) is 24.4 Å². The molecule has 2 aliphatic heterocycles. The van der Waals surface area contributed by atoms with E-state index in [0.29, 0.717) is 11.3 Å². The molecule has 0 unspecified atom stereocenters. The van der Waals surface area contributed by atoms with Gasteiger partial charge in [0, 0.05) is 10.4 Å². The summed E-state index contributed by atoms with van der Waals surface area (Å²) in [6.07, 6.45) is -5.60. The largest absolute Gasteiger partial charge is 0.446 e. The fourth-order valence-corrected chi connectivity index (χ4v) is 4.07. The number of carbonyl (C=O) groups excluding carboxylic acids is 2. The Morgan fingerprint density at radius 1 is 1.13 bits per heavy atom. The smallest absolute Gasteiger partial charge is 0.431 e. The zero-order valence-corrected chi connectivity index (χ0v) is 17.8. The van der Waals surface area contributed by atoms with Crippen LogP contribution in [0.3, 0.4) is 0 Å². The van der Waals surface area contributed by atoms with Gasteiger partial charge in [-0.25, -0.2) is 9.69 Å². The number of anilines is 1. The highest BCUT2D eigenvalue weighted by Crippen LogP contribution is 2.38.